The fraction of sp³-hybridized carbons (Fsp3) is 0.520. The van der Waals surface area contributed by atoms with Gasteiger partial charge in [-0.2, -0.15) is 0 Å². The van der Waals surface area contributed by atoms with Crippen LogP contribution >= 0.6 is 11.3 Å². The smallest absolute Gasteiger partial charge is 0.168 e. The normalized spacial score (nSPS) is 20.7. The molecule has 1 atom stereocenters. The third kappa shape index (κ3) is 4.92. The van der Waals surface area contributed by atoms with Crippen molar-refractivity contribution in [1.29, 1.82) is 0 Å². The maximum Gasteiger partial charge on any atom is 0.168 e. The summed E-state index contributed by atoms with van der Waals surface area (Å²) in [5.74, 6) is 1.39. The van der Waals surface area contributed by atoms with E-state index in [9.17, 15) is 10.2 Å². The van der Waals surface area contributed by atoms with Crippen LogP contribution in [-0.4, -0.2) is 20.2 Å². The van der Waals surface area contributed by atoms with Crippen LogP contribution in [0.4, 0.5) is 5.69 Å². The van der Waals surface area contributed by atoms with E-state index in [2.05, 4.69) is 17.2 Å². The molecule has 1 aromatic carbocycles. The zero-order chi connectivity index (χ0) is 22.2. The monoisotopic (exact) mass is 439 g/mol. The van der Waals surface area contributed by atoms with Gasteiger partial charge in [-0.1, -0.05) is 19.4 Å². The highest BCUT2D eigenvalue weighted by Gasteiger charge is 2.27. The number of nitrogens with zero attached hydrogens (tertiary/aromatic N) is 2. The van der Waals surface area contributed by atoms with Gasteiger partial charge in [0.2, 0.25) is 0 Å². The number of thiazole rings is 1. The van der Waals surface area contributed by atoms with E-state index in [1.54, 1.807) is 31.3 Å². The Morgan fingerprint density at radius 2 is 1.90 bits per heavy atom. The second-order valence-electron chi connectivity index (χ2n) is 9.35. The molecule has 1 saturated carbocycles. The standard InChI is InChI=1S/C25H33N3O2S/c1-5-16-9-11-17(12-10-16)24-28-21-13-18(25(3,4)30)20(14-22(21)31-24)27-23(29)19-8-6-7-15(2)26-19/h6-8,13-14,16-17,23,27,29-30H,5,9-12H2,1-4H3. The predicted octanol–water partition coefficient (Wildman–Crippen LogP) is 6.01. The van der Waals surface area contributed by atoms with E-state index in [1.165, 1.54) is 37.1 Å². The van der Waals surface area contributed by atoms with Crippen molar-refractivity contribution >= 4 is 27.2 Å². The molecule has 0 saturated heterocycles. The molecule has 0 aliphatic heterocycles. The summed E-state index contributed by atoms with van der Waals surface area (Å²) in [5, 5.41) is 25.9. The molecule has 166 valence electrons. The van der Waals surface area contributed by atoms with Crippen LogP contribution in [0, 0.1) is 12.8 Å². The number of aliphatic hydroxyl groups is 2. The highest BCUT2D eigenvalue weighted by Crippen LogP contribution is 2.42. The van der Waals surface area contributed by atoms with Gasteiger partial charge in [-0.25, -0.2) is 4.98 Å². The molecule has 1 unspecified atom stereocenters. The summed E-state index contributed by atoms with van der Waals surface area (Å²) in [6.45, 7) is 7.71. The van der Waals surface area contributed by atoms with E-state index in [4.69, 9.17) is 4.98 Å². The van der Waals surface area contributed by atoms with Crippen LogP contribution in [0.2, 0.25) is 0 Å². The number of nitrogens with one attached hydrogen (secondary N) is 1. The average molecular weight is 440 g/mol. The highest BCUT2D eigenvalue weighted by molar-refractivity contribution is 7.18. The first kappa shape index (κ1) is 22.2. The number of hydrogen-bond donors (Lipinski definition) is 3. The topological polar surface area (TPSA) is 78.3 Å². The molecule has 0 bridgehead atoms. The van der Waals surface area contributed by atoms with E-state index in [1.807, 2.05) is 31.2 Å². The molecule has 2 heterocycles. The first-order valence-electron chi connectivity index (χ1n) is 11.3. The number of fused-ring (bicyclic) bond motifs is 1. The number of anilines is 1. The van der Waals surface area contributed by atoms with Gasteiger partial charge >= 0.3 is 0 Å². The molecular formula is C25H33N3O2S. The predicted molar refractivity (Wildman–Crippen MR) is 127 cm³/mol. The number of aromatic nitrogens is 2. The first-order chi connectivity index (χ1) is 14.7. The Kier molecular flexibility index (Phi) is 6.33. The molecule has 31 heavy (non-hydrogen) atoms. The highest BCUT2D eigenvalue weighted by atomic mass is 32.1. The minimum absolute atomic E-state index is 0.532. The Morgan fingerprint density at radius 3 is 2.55 bits per heavy atom. The minimum Gasteiger partial charge on any atom is -0.386 e. The lowest BCUT2D eigenvalue weighted by Crippen LogP contribution is -2.20. The first-order valence-corrected chi connectivity index (χ1v) is 12.1. The van der Waals surface area contributed by atoms with Gasteiger partial charge in [-0.3, -0.25) is 4.98 Å². The maximum absolute atomic E-state index is 10.8. The molecule has 2 aromatic heterocycles. The van der Waals surface area contributed by atoms with Crippen LogP contribution in [0.15, 0.2) is 30.3 Å². The molecule has 1 aliphatic carbocycles. The summed E-state index contributed by atoms with van der Waals surface area (Å²) in [4.78, 5) is 9.37. The van der Waals surface area contributed by atoms with Crippen molar-refractivity contribution in [3.8, 4) is 0 Å². The second kappa shape index (κ2) is 8.85. The largest absolute Gasteiger partial charge is 0.386 e. The molecule has 0 radical (unpaired) electrons. The van der Waals surface area contributed by atoms with Gasteiger partial charge in [0.25, 0.3) is 0 Å². The fourth-order valence-electron chi connectivity index (χ4n) is 4.55. The number of benzene rings is 1. The van der Waals surface area contributed by atoms with Gasteiger partial charge in [-0.15, -0.1) is 11.3 Å². The molecular weight excluding hydrogens is 406 g/mol. The van der Waals surface area contributed by atoms with Gasteiger partial charge in [-0.05, 0) is 76.6 Å². The van der Waals surface area contributed by atoms with Crippen LogP contribution in [0.25, 0.3) is 10.2 Å². The van der Waals surface area contributed by atoms with E-state index in [-0.39, 0.29) is 0 Å². The SMILES string of the molecule is CCC1CCC(c2nc3cc(C(C)(C)O)c(NC(O)c4cccc(C)n4)cc3s2)CC1. The van der Waals surface area contributed by atoms with Gasteiger partial charge in [0.05, 0.1) is 26.5 Å². The van der Waals surface area contributed by atoms with E-state index >= 15 is 0 Å². The lowest BCUT2D eigenvalue weighted by molar-refractivity contribution is 0.0791. The van der Waals surface area contributed by atoms with Crippen molar-refractivity contribution < 1.29 is 10.2 Å². The third-order valence-electron chi connectivity index (χ3n) is 6.46. The van der Waals surface area contributed by atoms with Crippen LogP contribution in [0.3, 0.4) is 0 Å². The molecule has 0 amide bonds. The number of aliphatic hydroxyl groups excluding tert-OH is 1. The van der Waals surface area contributed by atoms with Gasteiger partial charge in [0.1, 0.15) is 0 Å². The van der Waals surface area contributed by atoms with E-state index < -0.39 is 11.8 Å². The Hall–Kier alpha value is -2.02. The maximum atomic E-state index is 10.8. The fourth-order valence-corrected chi connectivity index (χ4v) is 5.70. The van der Waals surface area contributed by atoms with Crippen molar-refractivity contribution in [3.05, 3.63) is 52.3 Å². The zero-order valence-corrected chi connectivity index (χ0v) is 19.7. The summed E-state index contributed by atoms with van der Waals surface area (Å²) < 4.78 is 1.08. The molecule has 6 heteroatoms. The van der Waals surface area contributed by atoms with Crippen LogP contribution < -0.4 is 5.32 Å². The number of aryl methyl sites for hydroxylation is 1. The number of pyridine rings is 1. The van der Waals surface area contributed by atoms with Gasteiger partial charge < -0.3 is 15.5 Å². The van der Waals surface area contributed by atoms with Crippen LogP contribution in [-0.2, 0) is 5.60 Å². The van der Waals surface area contributed by atoms with E-state index in [0.717, 1.165) is 27.4 Å². The van der Waals surface area contributed by atoms with Gasteiger partial charge in [0.15, 0.2) is 6.23 Å². The summed E-state index contributed by atoms with van der Waals surface area (Å²) in [6.07, 6.45) is 5.30. The molecule has 1 aliphatic rings. The van der Waals surface area contributed by atoms with Crippen LogP contribution in [0.1, 0.15) is 87.0 Å². The van der Waals surface area contributed by atoms with Crippen molar-refractivity contribution in [3.63, 3.8) is 0 Å². The van der Waals surface area contributed by atoms with E-state index in [0.29, 0.717) is 17.3 Å². The molecule has 0 spiro atoms. The van der Waals surface area contributed by atoms with Gasteiger partial charge in [0, 0.05) is 22.9 Å². The van der Waals surface area contributed by atoms with Crippen molar-refractivity contribution in [1.82, 2.24) is 9.97 Å². The quantitative estimate of drug-likeness (QED) is 0.410. The summed E-state index contributed by atoms with van der Waals surface area (Å²) >= 11 is 1.74. The lowest BCUT2D eigenvalue weighted by Gasteiger charge is -2.26. The summed E-state index contributed by atoms with van der Waals surface area (Å²) in [7, 11) is 0. The summed E-state index contributed by atoms with van der Waals surface area (Å²) in [5.41, 5.74) is 2.68. The Bertz CT molecular complexity index is 1050. The number of hydrogen-bond acceptors (Lipinski definition) is 6. The molecule has 4 rings (SSSR count). The molecule has 3 aromatic rings. The summed E-state index contributed by atoms with van der Waals surface area (Å²) in [6, 6.07) is 9.55. The second-order valence-corrected chi connectivity index (χ2v) is 10.4. The third-order valence-corrected chi connectivity index (χ3v) is 7.64. The lowest BCUT2D eigenvalue weighted by atomic mass is 9.81. The molecule has 5 nitrogen and oxygen atoms in total. The Balaban J connectivity index is 1.66. The Morgan fingerprint density at radius 1 is 1.16 bits per heavy atom. The number of rotatable bonds is 6. The molecule has 3 N–H and O–H groups in total. The van der Waals surface area contributed by atoms with Crippen molar-refractivity contribution in [2.75, 3.05) is 5.32 Å². The Labute approximate surface area is 188 Å². The zero-order valence-electron chi connectivity index (χ0n) is 18.9. The average Bonchev–Trinajstić information content (AvgIpc) is 3.15. The van der Waals surface area contributed by atoms with Crippen LogP contribution in [0.5, 0.6) is 0 Å². The van der Waals surface area contributed by atoms with Crippen molar-refractivity contribution in [2.45, 2.75) is 77.5 Å². The molecule has 1 fully saturated rings. The minimum atomic E-state index is -1.07. The van der Waals surface area contributed by atoms with Crippen molar-refractivity contribution in [2.24, 2.45) is 5.92 Å².